The third-order valence-corrected chi connectivity index (χ3v) is 3.90. The first-order valence-corrected chi connectivity index (χ1v) is 6.79. The molecule has 4 nitrogen and oxygen atoms in total. The molecule has 0 amide bonds. The number of nitrogens with one attached hydrogen (secondary N) is 1. The fourth-order valence-electron chi connectivity index (χ4n) is 2.50. The molecule has 0 aromatic rings. The summed E-state index contributed by atoms with van der Waals surface area (Å²) in [6.07, 6.45) is 4.68. The monoisotopic (exact) mass is 242 g/mol. The quantitative estimate of drug-likeness (QED) is 0.686. The molecular formula is C13H26N2O2. The van der Waals surface area contributed by atoms with Crippen LogP contribution in [0.3, 0.4) is 0 Å². The van der Waals surface area contributed by atoms with Gasteiger partial charge in [0.25, 0.3) is 0 Å². The molecule has 1 aliphatic carbocycles. The van der Waals surface area contributed by atoms with E-state index in [9.17, 15) is 5.11 Å². The average Bonchev–Trinajstić information content (AvgIpc) is 3.04. The van der Waals surface area contributed by atoms with Gasteiger partial charge in [0.1, 0.15) is 0 Å². The van der Waals surface area contributed by atoms with Crippen molar-refractivity contribution < 1.29 is 9.84 Å². The van der Waals surface area contributed by atoms with E-state index in [0.29, 0.717) is 25.6 Å². The summed E-state index contributed by atoms with van der Waals surface area (Å²) in [6.45, 7) is 5.55. The lowest BCUT2D eigenvalue weighted by atomic mass is 10.0. The summed E-state index contributed by atoms with van der Waals surface area (Å²) in [5.74, 6) is 0. The number of hydrogen-bond acceptors (Lipinski definition) is 4. The van der Waals surface area contributed by atoms with Gasteiger partial charge in [-0.2, -0.15) is 0 Å². The number of rotatable bonds is 7. The van der Waals surface area contributed by atoms with Crippen LogP contribution in [0, 0.1) is 0 Å². The molecule has 2 atom stereocenters. The maximum atomic E-state index is 10.1. The molecule has 2 N–H and O–H groups in total. The van der Waals surface area contributed by atoms with Gasteiger partial charge in [0.05, 0.1) is 5.60 Å². The highest BCUT2D eigenvalue weighted by Crippen LogP contribution is 2.29. The van der Waals surface area contributed by atoms with E-state index in [4.69, 9.17) is 4.74 Å². The summed E-state index contributed by atoms with van der Waals surface area (Å²) in [5.41, 5.74) is -0.650. The Bertz CT molecular complexity index is 242. The standard InChI is InChI=1S/C13H26N2O2/c1-13(16,6-8-17-2)10-14-11-5-7-15(9-11)12-3-4-12/h11-12,14,16H,3-10H2,1-2H3. The summed E-state index contributed by atoms with van der Waals surface area (Å²) >= 11 is 0. The molecule has 17 heavy (non-hydrogen) atoms. The van der Waals surface area contributed by atoms with Gasteiger partial charge >= 0.3 is 0 Å². The van der Waals surface area contributed by atoms with E-state index in [1.165, 1.54) is 25.8 Å². The molecule has 1 heterocycles. The molecule has 2 aliphatic rings. The zero-order valence-corrected chi connectivity index (χ0v) is 11.1. The van der Waals surface area contributed by atoms with E-state index in [1.54, 1.807) is 7.11 Å². The van der Waals surface area contributed by atoms with E-state index in [0.717, 1.165) is 12.6 Å². The molecule has 4 heteroatoms. The number of aliphatic hydroxyl groups is 1. The summed E-state index contributed by atoms with van der Waals surface area (Å²) in [6, 6.07) is 1.43. The molecule has 1 saturated heterocycles. The Labute approximate surface area is 104 Å². The molecule has 1 saturated carbocycles. The van der Waals surface area contributed by atoms with Crippen molar-refractivity contribution in [1.82, 2.24) is 10.2 Å². The van der Waals surface area contributed by atoms with Gasteiger partial charge < -0.3 is 15.2 Å². The molecule has 0 aromatic heterocycles. The Hall–Kier alpha value is -0.160. The number of nitrogens with zero attached hydrogens (tertiary/aromatic N) is 1. The predicted molar refractivity (Wildman–Crippen MR) is 68.1 cm³/mol. The van der Waals surface area contributed by atoms with Crippen LogP contribution in [-0.2, 0) is 4.74 Å². The van der Waals surface area contributed by atoms with Crippen molar-refractivity contribution in [2.24, 2.45) is 0 Å². The Morgan fingerprint density at radius 1 is 1.41 bits per heavy atom. The van der Waals surface area contributed by atoms with Crippen LogP contribution in [0.5, 0.6) is 0 Å². The van der Waals surface area contributed by atoms with Crippen molar-refractivity contribution in [3.05, 3.63) is 0 Å². The van der Waals surface area contributed by atoms with Crippen LogP contribution in [-0.4, -0.2) is 61.0 Å². The van der Waals surface area contributed by atoms with Gasteiger partial charge in [0.2, 0.25) is 0 Å². The lowest BCUT2D eigenvalue weighted by Crippen LogP contribution is -2.44. The average molecular weight is 242 g/mol. The first-order valence-electron chi connectivity index (χ1n) is 6.79. The molecule has 100 valence electrons. The highest BCUT2D eigenvalue weighted by Gasteiger charge is 2.34. The number of ether oxygens (including phenoxy) is 1. The molecule has 0 spiro atoms. The number of methoxy groups -OCH3 is 1. The maximum Gasteiger partial charge on any atom is 0.0765 e. The molecule has 2 rings (SSSR count). The van der Waals surface area contributed by atoms with Crippen LogP contribution in [0.2, 0.25) is 0 Å². The van der Waals surface area contributed by atoms with Gasteiger partial charge in [-0.1, -0.05) is 0 Å². The Kier molecular flexibility index (Phi) is 4.42. The first-order chi connectivity index (χ1) is 8.11. The molecule has 0 bridgehead atoms. The molecule has 2 unspecified atom stereocenters. The van der Waals surface area contributed by atoms with Crippen LogP contribution >= 0.6 is 0 Å². The fourth-order valence-corrected chi connectivity index (χ4v) is 2.50. The van der Waals surface area contributed by atoms with E-state index in [-0.39, 0.29) is 0 Å². The van der Waals surface area contributed by atoms with Crippen molar-refractivity contribution in [2.75, 3.05) is 33.4 Å². The highest BCUT2D eigenvalue weighted by molar-refractivity contribution is 4.92. The van der Waals surface area contributed by atoms with Gasteiger partial charge in [-0.15, -0.1) is 0 Å². The normalized spacial score (nSPS) is 29.5. The molecular weight excluding hydrogens is 216 g/mol. The van der Waals surface area contributed by atoms with Gasteiger partial charge in [0, 0.05) is 51.9 Å². The minimum absolute atomic E-state index is 0.560. The van der Waals surface area contributed by atoms with Gasteiger partial charge in [-0.3, -0.25) is 4.90 Å². The van der Waals surface area contributed by atoms with Crippen LogP contribution in [0.4, 0.5) is 0 Å². The zero-order chi connectivity index (χ0) is 12.3. The minimum Gasteiger partial charge on any atom is -0.389 e. The second-order valence-corrected chi connectivity index (χ2v) is 5.83. The summed E-state index contributed by atoms with van der Waals surface area (Å²) in [5, 5.41) is 13.6. The van der Waals surface area contributed by atoms with E-state index < -0.39 is 5.60 Å². The van der Waals surface area contributed by atoms with Crippen LogP contribution in [0.25, 0.3) is 0 Å². The number of hydrogen-bond donors (Lipinski definition) is 2. The van der Waals surface area contributed by atoms with Crippen LogP contribution < -0.4 is 5.32 Å². The maximum absolute atomic E-state index is 10.1. The summed E-state index contributed by atoms with van der Waals surface area (Å²) < 4.78 is 5.01. The SMILES string of the molecule is COCCC(C)(O)CNC1CCN(C2CC2)C1. The number of likely N-dealkylation sites (tertiary alicyclic amines) is 1. The predicted octanol–water partition coefficient (Wildman–Crippen LogP) is 0.600. The van der Waals surface area contributed by atoms with E-state index >= 15 is 0 Å². The largest absolute Gasteiger partial charge is 0.389 e. The lowest BCUT2D eigenvalue weighted by Gasteiger charge is -2.25. The lowest BCUT2D eigenvalue weighted by molar-refractivity contribution is 0.0229. The zero-order valence-electron chi connectivity index (χ0n) is 11.1. The second kappa shape index (κ2) is 5.65. The van der Waals surface area contributed by atoms with Crippen molar-refractivity contribution in [3.8, 4) is 0 Å². The van der Waals surface area contributed by atoms with Crippen molar-refractivity contribution in [2.45, 2.75) is 50.3 Å². The Morgan fingerprint density at radius 3 is 2.82 bits per heavy atom. The van der Waals surface area contributed by atoms with Gasteiger partial charge in [-0.25, -0.2) is 0 Å². The topological polar surface area (TPSA) is 44.7 Å². The summed E-state index contributed by atoms with van der Waals surface area (Å²) in [7, 11) is 1.67. The Balaban J connectivity index is 1.64. The third-order valence-electron chi connectivity index (χ3n) is 3.90. The first kappa shape index (κ1) is 13.3. The van der Waals surface area contributed by atoms with E-state index in [2.05, 4.69) is 10.2 Å². The second-order valence-electron chi connectivity index (χ2n) is 5.83. The van der Waals surface area contributed by atoms with Crippen molar-refractivity contribution in [1.29, 1.82) is 0 Å². The molecule has 1 aliphatic heterocycles. The Morgan fingerprint density at radius 2 is 2.18 bits per heavy atom. The highest BCUT2D eigenvalue weighted by atomic mass is 16.5. The van der Waals surface area contributed by atoms with Crippen molar-refractivity contribution >= 4 is 0 Å². The molecule has 2 fully saturated rings. The van der Waals surface area contributed by atoms with Crippen LogP contribution in [0.1, 0.15) is 32.6 Å². The van der Waals surface area contributed by atoms with Gasteiger partial charge in [0.15, 0.2) is 0 Å². The summed E-state index contributed by atoms with van der Waals surface area (Å²) in [4.78, 5) is 2.58. The fraction of sp³-hybridized carbons (Fsp3) is 1.00. The van der Waals surface area contributed by atoms with E-state index in [1.807, 2.05) is 6.92 Å². The molecule has 0 radical (unpaired) electrons. The smallest absolute Gasteiger partial charge is 0.0765 e. The third kappa shape index (κ3) is 4.21. The van der Waals surface area contributed by atoms with Crippen molar-refractivity contribution in [3.63, 3.8) is 0 Å². The molecule has 0 aromatic carbocycles. The van der Waals surface area contributed by atoms with Gasteiger partial charge in [-0.05, 0) is 26.2 Å². The van der Waals surface area contributed by atoms with Crippen LogP contribution in [0.15, 0.2) is 0 Å². The minimum atomic E-state index is -0.650.